The lowest BCUT2D eigenvalue weighted by molar-refractivity contribution is -0.954. The van der Waals surface area contributed by atoms with Gasteiger partial charge in [-0.05, 0) is 26.0 Å². The third-order valence-corrected chi connectivity index (χ3v) is 5.86. The van der Waals surface area contributed by atoms with Gasteiger partial charge < -0.3 is 19.1 Å². The van der Waals surface area contributed by atoms with Crippen molar-refractivity contribution in [2.75, 3.05) is 47.1 Å². The lowest BCUT2D eigenvalue weighted by atomic mass is 10.0. The van der Waals surface area contributed by atoms with Crippen LogP contribution in [0.3, 0.4) is 0 Å². The molecule has 0 amide bonds. The van der Waals surface area contributed by atoms with Crippen LogP contribution in [0.2, 0.25) is 0 Å². The third kappa shape index (κ3) is 4.38. The van der Waals surface area contributed by atoms with Gasteiger partial charge in [-0.25, -0.2) is 13.1 Å². The maximum Gasteiger partial charge on any atom is 0.244 e. The van der Waals surface area contributed by atoms with Crippen LogP contribution in [-0.2, 0) is 14.8 Å². The van der Waals surface area contributed by atoms with Crippen LogP contribution in [0.5, 0.6) is 11.5 Å². The monoisotopic (exact) mass is 359 g/mol. The highest BCUT2D eigenvalue weighted by Crippen LogP contribution is 2.28. The molecular formula is C16H27N2O5S+. The lowest BCUT2D eigenvalue weighted by Gasteiger charge is -2.37. The summed E-state index contributed by atoms with van der Waals surface area (Å²) in [7, 11) is -0.712. The zero-order valence-electron chi connectivity index (χ0n) is 14.7. The number of quaternary nitrogens is 1. The topological polar surface area (TPSA) is 78.3 Å². The molecule has 0 saturated carbocycles. The molecule has 2 rings (SSSR count). The largest absolute Gasteiger partial charge is 0.497 e. The van der Waals surface area contributed by atoms with Gasteiger partial charge in [-0.1, -0.05) is 0 Å². The van der Waals surface area contributed by atoms with Gasteiger partial charge in [0.05, 0.1) is 34.0 Å². The molecule has 1 saturated heterocycles. The highest BCUT2D eigenvalue weighted by molar-refractivity contribution is 7.89. The standard InChI is InChI=1S/C16H26N2O5S/c1-16(2,18-7-9-23-10-8-18)12-17-24(19,20)15-6-5-13(21-3)11-14(15)22-4/h5-6,11,17H,7-10,12H2,1-4H3/p+1. The summed E-state index contributed by atoms with van der Waals surface area (Å²) in [5.41, 5.74) is -0.226. The Balaban J connectivity index is 2.13. The maximum atomic E-state index is 12.7. The Morgan fingerprint density at radius 2 is 1.88 bits per heavy atom. The van der Waals surface area contributed by atoms with E-state index in [1.165, 1.54) is 25.2 Å². The molecule has 0 aliphatic carbocycles. The highest BCUT2D eigenvalue weighted by atomic mass is 32.2. The molecule has 0 unspecified atom stereocenters. The molecular weight excluding hydrogens is 332 g/mol. The quantitative estimate of drug-likeness (QED) is 0.697. The summed E-state index contributed by atoms with van der Waals surface area (Å²) in [4.78, 5) is 1.44. The first-order valence-electron chi connectivity index (χ1n) is 7.95. The van der Waals surface area contributed by atoms with Gasteiger partial charge in [0.25, 0.3) is 0 Å². The minimum absolute atomic E-state index is 0.110. The van der Waals surface area contributed by atoms with Crippen LogP contribution < -0.4 is 19.1 Å². The molecule has 0 radical (unpaired) electrons. The Kier molecular flexibility index (Phi) is 6.08. The van der Waals surface area contributed by atoms with E-state index in [2.05, 4.69) is 18.6 Å². The number of benzene rings is 1. The summed E-state index contributed by atoms with van der Waals surface area (Å²) < 4.78 is 43.7. The van der Waals surface area contributed by atoms with Crippen molar-refractivity contribution < 1.29 is 27.5 Å². The number of rotatable bonds is 7. The van der Waals surface area contributed by atoms with E-state index in [9.17, 15) is 8.42 Å². The molecule has 0 atom stereocenters. The van der Waals surface area contributed by atoms with Crippen molar-refractivity contribution in [3.8, 4) is 11.5 Å². The number of methoxy groups -OCH3 is 2. The molecule has 1 aliphatic rings. The average Bonchev–Trinajstić information content (AvgIpc) is 2.60. The molecule has 0 bridgehead atoms. The SMILES string of the molecule is COc1ccc(S(=O)(=O)NCC(C)(C)[NH+]2CCOCC2)c(OC)c1. The smallest absolute Gasteiger partial charge is 0.244 e. The van der Waals surface area contributed by atoms with Gasteiger partial charge in [0.1, 0.15) is 35.0 Å². The first-order valence-corrected chi connectivity index (χ1v) is 9.43. The summed E-state index contributed by atoms with van der Waals surface area (Å²) in [6.45, 7) is 7.61. The molecule has 7 nitrogen and oxygen atoms in total. The highest BCUT2D eigenvalue weighted by Gasteiger charge is 2.34. The second kappa shape index (κ2) is 7.69. The summed E-state index contributed by atoms with van der Waals surface area (Å²) >= 11 is 0. The van der Waals surface area contributed by atoms with Crippen molar-refractivity contribution in [2.45, 2.75) is 24.3 Å². The van der Waals surface area contributed by atoms with Crippen molar-refractivity contribution in [3.63, 3.8) is 0 Å². The van der Waals surface area contributed by atoms with E-state index in [1.54, 1.807) is 12.1 Å². The van der Waals surface area contributed by atoms with E-state index in [1.807, 2.05) is 0 Å². The van der Waals surface area contributed by atoms with E-state index in [4.69, 9.17) is 14.2 Å². The second-order valence-corrected chi connectivity index (χ2v) is 8.18. The molecule has 2 N–H and O–H groups in total. The van der Waals surface area contributed by atoms with E-state index < -0.39 is 10.0 Å². The molecule has 0 spiro atoms. The van der Waals surface area contributed by atoms with Gasteiger partial charge in [-0.15, -0.1) is 0 Å². The Bertz CT molecular complexity index is 654. The zero-order chi connectivity index (χ0) is 17.8. The van der Waals surface area contributed by atoms with E-state index in [0.717, 1.165) is 13.1 Å². The van der Waals surface area contributed by atoms with Gasteiger partial charge in [-0.2, -0.15) is 0 Å². The number of morpholine rings is 1. The van der Waals surface area contributed by atoms with E-state index >= 15 is 0 Å². The van der Waals surface area contributed by atoms with Crippen LogP contribution >= 0.6 is 0 Å². The fraction of sp³-hybridized carbons (Fsp3) is 0.625. The van der Waals surface area contributed by atoms with E-state index in [0.29, 0.717) is 25.5 Å². The van der Waals surface area contributed by atoms with Crippen LogP contribution in [0.1, 0.15) is 13.8 Å². The molecule has 0 aromatic heterocycles. The van der Waals surface area contributed by atoms with Crippen molar-refractivity contribution in [1.82, 2.24) is 4.72 Å². The van der Waals surface area contributed by atoms with Crippen molar-refractivity contribution in [1.29, 1.82) is 0 Å². The lowest BCUT2D eigenvalue weighted by Crippen LogP contribution is -3.22. The molecule has 136 valence electrons. The van der Waals surface area contributed by atoms with Gasteiger partial charge in [0, 0.05) is 6.07 Å². The van der Waals surface area contributed by atoms with Crippen molar-refractivity contribution in [2.24, 2.45) is 0 Å². The first-order chi connectivity index (χ1) is 11.3. The van der Waals surface area contributed by atoms with Crippen molar-refractivity contribution >= 4 is 10.0 Å². The second-order valence-electron chi connectivity index (χ2n) is 6.44. The minimum Gasteiger partial charge on any atom is -0.497 e. The summed E-state index contributed by atoms with van der Waals surface area (Å²) in [5, 5.41) is 0. The van der Waals surface area contributed by atoms with Crippen LogP contribution in [0, 0.1) is 0 Å². The molecule has 1 aromatic rings. The van der Waals surface area contributed by atoms with Crippen LogP contribution in [0.15, 0.2) is 23.1 Å². The Hall–Kier alpha value is -1.35. The summed E-state index contributed by atoms with van der Waals surface area (Å²) in [5.74, 6) is 0.808. The number of ether oxygens (including phenoxy) is 3. The number of nitrogens with one attached hydrogen (secondary N) is 2. The summed E-state index contributed by atoms with van der Waals surface area (Å²) in [6, 6.07) is 4.66. The first kappa shape index (κ1) is 19.0. The Labute approximate surface area is 143 Å². The van der Waals surface area contributed by atoms with Gasteiger partial charge in [0.15, 0.2) is 0 Å². The predicted octanol–water partition coefficient (Wildman–Crippen LogP) is -0.324. The number of sulfonamides is 1. The van der Waals surface area contributed by atoms with Gasteiger partial charge in [0.2, 0.25) is 10.0 Å². The zero-order valence-corrected chi connectivity index (χ0v) is 15.5. The molecule has 1 fully saturated rings. The average molecular weight is 359 g/mol. The Morgan fingerprint density at radius 1 is 1.21 bits per heavy atom. The molecule has 1 aliphatic heterocycles. The van der Waals surface area contributed by atoms with Crippen LogP contribution in [0.25, 0.3) is 0 Å². The minimum atomic E-state index is -3.68. The fourth-order valence-electron chi connectivity index (χ4n) is 2.77. The summed E-state index contributed by atoms with van der Waals surface area (Å²) in [6.07, 6.45) is 0. The van der Waals surface area contributed by atoms with Gasteiger partial charge in [-0.3, -0.25) is 0 Å². The molecule has 8 heteroatoms. The van der Waals surface area contributed by atoms with Crippen LogP contribution in [0.4, 0.5) is 0 Å². The maximum absolute atomic E-state index is 12.7. The molecule has 1 aromatic carbocycles. The molecule has 24 heavy (non-hydrogen) atoms. The number of hydrogen-bond donors (Lipinski definition) is 2. The van der Waals surface area contributed by atoms with Crippen molar-refractivity contribution in [3.05, 3.63) is 18.2 Å². The van der Waals surface area contributed by atoms with Gasteiger partial charge >= 0.3 is 0 Å². The van der Waals surface area contributed by atoms with E-state index in [-0.39, 0.29) is 16.2 Å². The van der Waals surface area contributed by atoms with Crippen LogP contribution in [-0.4, -0.2) is 61.0 Å². The predicted molar refractivity (Wildman–Crippen MR) is 90.3 cm³/mol. The molecule has 1 heterocycles. The fourth-order valence-corrected chi connectivity index (χ4v) is 4.13. The number of hydrogen-bond acceptors (Lipinski definition) is 5. The Morgan fingerprint density at radius 3 is 2.46 bits per heavy atom. The third-order valence-electron chi connectivity index (χ3n) is 4.42. The normalized spacial score (nSPS) is 16.8.